The van der Waals surface area contributed by atoms with E-state index in [2.05, 4.69) is 0 Å². The number of nitrogens with zero attached hydrogens (tertiary/aromatic N) is 4. The van der Waals surface area contributed by atoms with Crippen molar-refractivity contribution >= 4 is 63.4 Å². The smallest absolute Gasteiger partial charge is 0.307 e. The Morgan fingerprint density at radius 3 is 2.32 bits per heavy atom. The van der Waals surface area contributed by atoms with Crippen LogP contribution in [0, 0.1) is 5.41 Å². The maximum atomic E-state index is 12.5. The Morgan fingerprint density at radius 2 is 1.76 bits per heavy atom. The number of benzene rings is 2. The summed E-state index contributed by atoms with van der Waals surface area (Å²) in [5.41, 5.74) is 9.16. The molecule has 13 heteroatoms. The average molecular weight is 588 g/mol. The molecule has 0 aliphatic carbocycles. The summed E-state index contributed by atoms with van der Waals surface area (Å²) in [5, 5.41) is 7.58. The lowest BCUT2D eigenvalue weighted by molar-refractivity contribution is -0.143. The Labute approximate surface area is 236 Å². The summed E-state index contributed by atoms with van der Waals surface area (Å²) < 4.78 is 33.5. The van der Waals surface area contributed by atoms with E-state index in [0.29, 0.717) is 49.4 Å². The summed E-state index contributed by atoms with van der Waals surface area (Å²) in [7, 11) is 0.296. The number of hydrogen-bond donors (Lipinski definition) is 2. The first kappa shape index (κ1) is 33.2. The standard InChI is InChI=1S/C25H34N6O4S.2ClH/c1-5-35-24(32)12-13-30-22-11-10-20(31(36(4,33)34)15-14-29(2)3)17-21(22)28-23(30)16-18-6-8-19(9-7-18)25(26)27;;/h6-11,17H,5,12-16H2,1-4H3,(H3,26,27);2*1H. The number of hydrogen-bond acceptors (Lipinski definition) is 7. The number of ether oxygens (including phenoxy) is 1. The number of aromatic nitrogens is 2. The van der Waals surface area contributed by atoms with Gasteiger partial charge >= 0.3 is 5.97 Å². The van der Waals surface area contributed by atoms with Crippen molar-refractivity contribution in [2.75, 3.05) is 44.4 Å². The summed E-state index contributed by atoms with van der Waals surface area (Å²) in [6.07, 6.45) is 1.87. The van der Waals surface area contributed by atoms with Crippen molar-refractivity contribution in [1.82, 2.24) is 14.5 Å². The Morgan fingerprint density at radius 1 is 1.11 bits per heavy atom. The van der Waals surface area contributed by atoms with Crippen LogP contribution < -0.4 is 10.0 Å². The Hall–Kier alpha value is -2.86. The van der Waals surface area contributed by atoms with E-state index in [1.807, 2.05) is 41.8 Å². The van der Waals surface area contributed by atoms with Gasteiger partial charge in [-0.05, 0) is 44.8 Å². The van der Waals surface area contributed by atoms with Crippen molar-refractivity contribution in [2.45, 2.75) is 26.3 Å². The Bertz CT molecular complexity index is 1340. The summed E-state index contributed by atoms with van der Waals surface area (Å²) in [6, 6.07) is 12.8. The molecule has 3 rings (SSSR count). The average Bonchev–Trinajstić information content (AvgIpc) is 3.13. The lowest BCUT2D eigenvalue weighted by Gasteiger charge is -2.24. The van der Waals surface area contributed by atoms with E-state index in [-0.39, 0.29) is 43.0 Å². The van der Waals surface area contributed by atoms with Gasteiger partial charge in [0.15, 0.2) is 0 Å². The minimum absolute atomic E-state index is 0. The number of nitrogens with one attached hydrogen (secondary N) is 1. The molecule has 1 aromatic heterocycles. The number of amidine groups is 1. The number of esters is 1. The highest BCUT2D eigenvalue weighted by Gasteiger charge is 2.20. The second-order valence-corrected chi connectivity index (χ2v) is 10.7. The molecule has 0 aliphatic rings. The van der Waals surface area contributed by atoms with Crippen LogP contribution in [0.15, 0.2) is 42.5 Å². The van der Waals surface area contributed by atoms with E-state index in [1.165, 1.54) is 10.6 Å². The van der Waals surface area contributed by atoms with E-state index in [9.17, 15) is 13.2 Å². The predicted octanol–water partition coefficient (Wildman–Crippen LogP) is 3.04. The SMILES string of the molecule is CCOC(=O)CCn1c(Cc2ccc(C(=N)N)cc2)nc2cc(N(CCN(C)C)S(C)(=O)=O)ccc21.Cl.Cl. The van der Waals surface area contributed by atoms with E-state index in [0.717, 1.165) is 16.9 Å². The van der Waals surface area contributed by atoms with Gasteiger partial charge in [-0.25, -0.2) is 13.4 Å². The lowest BCUT2D eigenvalue weighted by Crippen LogP contribution is -2.36. The Kier molecular flexibility index (Phi) is 12.5. The normalized spacial score (nSPS) is 11.1. The van der Waals surface area contributed by atoms with Gasteiger partial charge in [0.2, 0.25) is 10.0 Å². The molecule has 2 aromatic carbocycles. The summed E-state index contributed by atoms with van der Waals surface area (Å²) in [6.45, 7) is 3.35. The molecule has 0 unspecified atom stereocenters. The summed E-state index contributed by atoms with van der Waals surface area (Å²) in [4.78, 5) is 18.8. The van der Waals surface area contributed by atoms with Gasteiger partial charge in [0.25, 0.3) is 0 Å². The van der Waals surface area contributed by atoms with Crippen molar-refractivity contribution in [1.29, 1.82) is 5.41 Å². The monoisotopic (exact) mass is 586 g/mol. The molecule has 0 spiro atoms. The van der Waals surface area contributed by atoms with Gasteiger partial charge in [0.05, 0.1) is 36.0 Å². The second kappa shape index (κ2) is 14.3. The zero-order valence-corrected chi connectivity index (χ0v) is 24.5. The molecule has 0 radical (unpaired) electrons. The zero-order valence-electron chi connectivity index (χ0n) is 22.0. The molecular formula is C25H36Cl2N6O4S. The fourth-order valence-corrected chi connectivity index (χ4v) is 4.82. The molecule has 0 amide bonds. The third kappa shape index (κ3) is 8.59. The first-order valence-corrected chi connectivity index (χ1v) is 13.5. The molecule has 3 N–H and O–H groups in total. The molecule has 0 bridgehead atoms. The van der Waals surface area contributed by atoms with Gasteiger partial charge in [0.1, 0.15) is 11.7 Å². The van der Waals surface area contributed by atoms with E-state index < -0.39 is 10.0 Å². The summed E-state index contributed by atoms with van der Waals surface area (Å²) in [5.74, 6) is 0.446. The molecule has 0 fully saturated rings. The molecule has 0 atom stereocenters. The maximum Gasteiger partial charge on any atom is 0.307 e. The highest BCUT2D eigenvalue weighted by Crippen LogP contribution is 2.26. The van der Waals surface area contributed by atoms with Crippen LogP contribution in [0.25, 0.3) is 11.0 Å². The van der Waals surface area contributed by atoms with Crippen molar-refractivity contribution in [3.63, 3.8) is 0 Å². The van der Waals surface area contributed by atoms with E-state index in [4.69, 9.17) is 20.9 Å². The quantitative estimate of drug-likeness (QED) is 0.189. The highest BCUT2D eigenvalue weighted by atomic mass is 35.5. The number of fused-ring (bicyclic) bond motifs is 1. The first-order valence-electron chi connectivity index (χ1n) is 11.7. The van der Waals surface area contributed by atoms with Crippen LogP contribution >= 0.6 is 24.8 Å². The van der Waals surface area contributed by atoms with Gasteiger partial charge in [-0.15, -0.1) is 24.8 Å². The maximum absolute atomic E-state index is 12.5. The number of likely N-dealkylation sites (N-methyl/N-ethyl adjacent to an activating group) is 1. The molecule has 0 saturated carbocycles. The van der Waals surface area contributed by atoms with Crippen molar-refractivity contribution in [2.24, 2.45) is 5.73 Å². The zero-order chi connectivity index (χ0) is 26.5. The minimum Gasteiger partial charge on any atom is -0.466 e. The molecular weight excluding hydrogens is 551 g/mol. The van der Waals surface area contributed by atoms with Crippen molar-refractivity contribution in [3.8, 4) is 0 Å². The van der Waals surface area contributed by atoms with Crippen LogP contribution in [0.2, 0.25) is 0 Å². The fourth-order valence-electron chi connectivity index (χ4n) is 3.91. The Balaban J connectivity index is 0.00000361. The molecule has 38 heavy (non-hydrogen) atoms. The predicted molar refractivity (Wildman–Crippen MR) is 156 cm³/mol. The number of carbonyl (C=O) groups is 1. The van der Waals surface area contributed by atoms with Crippen LogP contribution in [-0.2, 0) is 32.5 Å². The minimum atomic E-state index is -3.49. The number of aryl methyl sites for hydroxylation is 1. The van der Waals surface area contributed by atoms with Gasteiger partial charge in [-0.3, -0.25) is 14.5 Å². The number of sulfonamides is 1. The summed E-state index contributed by atoms with van der Waals surface area (Å²) >= 11 is 0. The van der Waals surface area contributed by atoms with Gasteiger partial charge in [-0.1, -0.05) is 24.3 Å². The largest absolute Gasteiger partial charge is 0.466 e. The number of imidazole rings is 1. The number of nitrogens with two attached hydrogens (primary N) is 1. The second-order valence-electron chi connectivity index (χ2n) is 8.83. The van der Waals surface area contributed by atoms with Crippen LogP contribution in [0.5, 0.6) is 0 Å². The third-order valence-electron chi connectivity index (χ3n) is 5.72. The van der Waals surface area contributed by atoms with Crippen LogP contribution in [0.4, 0.5) is 5.69 Å². The highest BCUT2D eigenvalue weighted by molar-refractivity contribution is 7.92. The van der Waals surface area contributed by atoms with Crippen molar-refractivity contribution < 1.29 is 17.9 Å². The number of anilines is 1. The number of nitrogen functional groups attached to an aromatic ring is 1. The van der Waals surface area contributed by atoms with Crippen LogP contribution in [0.1, 0.15) is 30.3 Å². The topological polar surface area (TPSA) is 135 Å². The van der Waals surface area contributed by atoms with Crippen LogP contribution in [-0.4, -0.2) is 74.7 Å². The molecule has 0 saturated heterocycles. The molecule has 0 aliphatic heterocycles. The molecule has 210 valence electrons. The molecule has 10 nitrogen and oxygen atoms in total. The lowest BCUT2D eigenvalue weighted by atomic mass is 10.1. The first-order chi connectivity index (χ1) is 17.0. The number of halogens is 2. The van der Waals surface area contributed by atoms with E-state index >= 15 is 0 Å². The third-order valence-corrected chi connectivity index (χ3v) is 6.92. The van der Waals surface area contributed by atoms with Gasteiger partial charge in [0, 0.05) is 31.6 Å². The molecule has 3 aromatic rings. The van der Waals surface area contributed by atoms with Crippen LogP contribution in [0.3, 0.4) is 0 Å². The number of rotatable bonds is 12. The fraction of sp³-hybridized carbons (Fsp3) is 0.400. The van der Waals surface area contributed by atoms with Crippen molar-refractivity contribution in [3.05, 3.63) is 59.4 Å². The molecule has 1 heterocycles. The number of carbonyl (C=O) groups excluding carboxylic acids is 1. The van der Waals surface area contributed by atoms with Gasteiger partial charge in [-0.2, -0.15) is 0 Å². The van der Waals surface area contributed by atoms with Gasteiger partial charge < -0.3 is 19.9 Å². The van der Waals surface area contributed by atoms with E-state index in [1.54, 1.807) is 31.2 Å².